The van der Waals surface area contributed by atoms with Gasteiger partial charge in [-0.25, -0.2) is 9.97 Å². The van der Waals surface area contributed by atoms with E-state index in [4.69, 9.17) is 5.73 Å². The Morgan fingerprint density at radius 1 is 1.25 bits per heavy atom. The van der Waals surface area contributed by atoms with Gasteiger partial charge in [-0.1, -0.05) is 30.9 Å². The molecule has 3 N–H and O–H groups in total. The summed E-state index contributed by atoms with van der Waals surface area (Å²) < 4.78 is 0. The van der Waals surface area contributed by atoms with E-state index in [1.807, 2.05) is 50.3 Å². The number of fused-ring (bicyclic) bond motifs is 1. The third-order valence-electron chi connectivity index (χ3n) is 2.88. The third-order valence-corrected chi connectivity index (χ3v) is 2.88. The van der Waals surface area contributed by atoms with Gasteiger partial charge in [-0.05, 0) is 37.6 Å². The number of nitrogens with zero attached hydrogens (tertiary/aromatic N) is 2. The van der Waals surface area contributed by atoms with E-state index in [1.165, 1.54) is 0 Å². The number of nitrogens with two attached hydrogens (primary N) is 1. The molecule has 20 heavy (non-hydrogen) atoms. The number of aromatic nitrogens is 2. The summed E-state index contributed by atoms with van der Waals surface area (Å²) in [4.78, 5) is 8.85. The molecule has 1 aromatic heterocycles. The maximum atomic E-state index is 5.95. The fourth-order valence-electron chi connectivity index (χ4n) is 1.74. The molecule has 0 radical (unpaired) electrons. The number of rotatable bonds is 4. The lowest BCUT2D eigenvalue weighted by atomic mass is 10.2. The Kier molecular flexibility index (Phi) is 4.15. The van der Waals surface area contributed by atoms with Crippen molar-refractivity contribution < 1.29 is 0 Å². The average Bonchev–Trinajstić information content (AvgIpc) is 2.46. The minimum Gasteiger partial charge on any atom is -0.381 e. The summed E-state index contributed by atoms with van der Waals surface area (Å²) in [5.41, 5.74) is 9.50. The Labute approximate surface area is 118 Å². The highest BCUT2D eigenvalue weighted by Crippen LogP contribution is 2.20. The maximum Gasteiger partial charge on any atom is 0.174 e. The molecule has 0 aliphatic carbocycles. The topological polar surface area (TPSA) is 63.8 Å². The standard InChI is InChI=1S/C16H18N4/c1-4-11(3)10-12(5-2)18-16-15(17)19-13-8-6-7-9-14(13)20-16/h4-10H,1H2,2-3H3,(H2,17,19)(H,18,20)/b11-10-,12-5+. The molecule has 0 amide bonds. The summed E-state index contributed by atoms with van der Waals surface area (Å²) in [6, 6.07) is 7.64. The first-order valence-corrected chi connectivity index (χ1v) is 6.40. The highest BCUT2D eigenvalue weighted by atomic mass is 15.1. The first-order valence-electron chi connectivity index (χ1n) is 6.40. The Hall–Kier alpha value is -2.62. The second-order valence-electron chi connectivity index (χ2n) is 4.41. The van der Waals surface area contributed by atoms with E-state index in [-0.39, 0.29) is 0 Å². The molecule has 0 bridgehead atoms. The zero-order chi connectivity index (χ0) is 14.5. The van der Waals surface area contributed by atoms with Gasteiger partial charge >= 0.3 is 0 Å². The SMILES string of the molecule is C=C/C(C)=C\C(=C/C)Nc1nc2ccccc2nc1N. The molecular weight excluding hydrogens is 248 g/mol. The quantitative estimate of drug-likeness (QED) is 0.829. The van der Waals surface area contributed by atoms with Gasteiger partial charge in [0.15, 0.2) is 11.6 Å². The molecule has 0 atom stereocenters. The van der Waals surface area contributed by atoms with Crippen molar-refractivity contribution in [2.45, 2.75) is 13.8 Å². The van der Waals surface area contributed by atoms with Gasteiger partial charge in [-0.2, -0.15) is 0 Å². The molecule has 4 nitrogen and oxygen atoms in total. The van der Waals surface area contributed by atoms with Gasteiger partial charge in [-0.3, -0.25) is 0 Å². The molecule has 0 unspecified atom stereocenters. The molecule has 0 saturated carbocycles. The summed E-state index contributed by atoms with van der Waals surface area (Å²) in [5.74, 6) is 0.942. The highest BCUT2D eigenvalue weighted by Gasteiger charge is 2.06. The van der Waals surface area contributed by atoms with Gasteiger partial charge in [0.2, 0.25) is 0 Å². The van der Waals surface area contributed by atoms with Crippen molar-refractivity contribution in [3.63, 3.8) is 0 Å². The van der Waals surface area contributed by atoms with Crippen molar-refractivity contribution >= 4 is 22.7 Å². The van der Waals surface area contributed by atoms with Crippen LogP contribution in [0.4, 0.5) is 11.6 Å². The summed E-state index contributed by atoms with van der Waals surface area (Å²) in [6.45, 7) is 7.66. The lowest BCUT2D eigenvalue weighted by Gasteiger charge is -2.10. The minimum atomic E-state index is 0.382. The predicted molar refractivity (Wildman–Crippen MR) is 85.3 cm³/mol. The fraction of sp³-hybridized carbons (Fsp3) is 0.125. The largest absolute Gasteiger partial charge is 0.381 e. The molecule has 1 aromatic carbocycles. The smallest absolute Gasteiger partial charge is 0.174 e. The van der Waals surface area contributed by atoms with Gasteiger partial charge < -0.3 is 11.1 Å². The van der Waals surface area contributed by atoms with E-state index in [2.05, 4.69) is 21.9 Å². The normalized spacial score (nSPS) is 12.5. The van der Waals surface area contributed by atoms with E-state index in [0.29, 0.717) is 11.6 Å². The highest BCUT2D eigenvalue weighted by molar-refractivity contribution is 5.80. The third kappa shape index (κ3) is 3.03. The molecule has 0 saturated heterocycles. The van der Waals surface area contributed by atoms with Crippen LogP contribution in [-0.4, -0.2) is 9.97 Å². The van der Waals surface area contributed by atoms with E-state index < -0.39 is 0 Å². The fourth-order valence-corrected chi connectivity index (χ4v) is 1.74. The van der Waals surface area contributed by atoms with Gasteiger partial charge in [0, 0.05) is 5.70 Å². The molecule has 102 valence electrons. The Morgan fingerprint density at radius 3 is 2.50 bits per heavy atom. The zero-order valence-electron chi connectivity index (χ0n) is 11.7. The summed E-state index contributed by atoms with van der Waals surface area (Å²) >= 11 is 0. The monoisotopic (exact) mass is 266 g/mol. The Morgan fingerprint density at radius 2 is 1.90 bits per heavy atom. The second kappa shape index (κ2) is 6.02. The first-order chi connectivity index (χ1) is 9.63. The van der Waals surface area contributed by atoms with E-state index in [0.717, 1.165) is 22.3 Å². The van der Waals surface area contributed by atoms with Gasteiger partial charge in [-0.15, -0.1) is 0 Å². The van der Waals surface area contributed by atoms with Crippen LogP contribution < -0.4 is 11.1 Å². The number of para-hydroxylation sites is 2. The van der Waals surface area contributed by atoms with E-state index >= 15 is 0 Å². The van der Waals surface area contributed by atoms with Crippen LogP contribution in [0, 0.1) is 0 Å². The van der Waals surface area contributed by atoms with Crippen LogP contribution >= 0.6 is 0 Å². The number of hydrogen-bond acceptors (Lipinski definition) is 4. The average molecular weight is 266 g/mol. The number of allylic oxidation sites excluding steroid dienone is 4. The lowest BCUT2D eigenvalue weighted by molar-refractivity contribution is 1.26. The number of nitrogen functional groups attached to an aromatic ring is 1. The minimum absolute atomic E-state index is 0.382. The molecule has 4 heteroatoms. The molecule has 2 aromatic rings. The second-order valence-corrected chi connectivity index (χ2v) is 4.41. The molecule has 0 aliphatic heterocycles. The van der Waals surface area contributed by atoms with Crippen molar-refractivity contribution in [1.29, 1.82) is 0 Å². The van der Waals surface area contributed by atoms with Crippen LogP contribution in [0.25, 0.3) is 11.0 Å². The van der Waals surface area contributed by atoms with Crippen LogP contribution in [0.15, 0.2) is 60.3 Å². The molecule has 0 aliphatic rings. The summed E-state index contributed by atoms with van der Waals surface area (Å²) in [6.07, 6.45) is 5.72. The molecular formula is C16H18N4. The van der Waals surface area contributed by atoms with Crippen molar-refractivity contribution in [3.8, 4) is 0 Å². The first kappa shape index (κ1) is 13.8. The molecule has 0 fully saturated rings. The molecule has 1 heterocycles. The van der Waals surface area contributed by atoms with Crippen LogP contribution in [0.2, 0.25) is 0 Å². The Bertz CT molecular complexity index is 699. The van der Waals surface area contributed by atoms with Crippen molar-refractivity contribution in [2.24, 2.45) is 0 Å². The summed E-state index contributed by atoms with van der Waals surface area (Å²) in [7, 11) is 0. The van der Waals surface area contributed by atoms with Crippen molar-refractivity contribution in [2.75, 3.05) is 11.1 Å². The van der Waals surface area contributed by atoms with Gasteiger partial charge in [0.1, 0.15) is 0 Å². The van der Waals surface area contributed by atoms with Crippen LogP contribution in [0.1, 0.15) is 13.8 Å². The summed E-state index contributed by atoms with van der Waals surface area (Å²) in [5, 5.41) is 3.19. The van der Waals surface area contributed by atoms with Gasteiger partial charge in [0.05, 0.1) is 11.0 Å². The van der Waals surface area contributed by atoms with Crippen LogP contribution in [0.3, 0.4) is 0 Å². The number of hydrogen-bond donors (Lipinski definition) is 2. The van der Waals surface area contributed by atoms with Gasteiger partial charge in [0.25, 0.3) is 0 Å². The molecule has 2 rings (SSSR count). The van der Waals surface area contributed by atoms with E-state index in [9.17, 15) is 0 Å². The number of anilines is 2. The number of benzene rings is 1. The number of nitrogens with one attached hydrogen (secondary N) is 1. The lowest BCUT2D eigenvalue weighted by Crippen LogP contribution is -2.05. The van der Waals surface area contributed by atoms with Crippen molar-refractivity contribution in [1.82, 2.24) is 9.97 Å². The van der Waals surface area contributed by atoms with E-state index in [1.54, 1.807) is 6.08 Å². The zero-order valence-corrected chi connectivity index (χ0v) is 11.7. The Balaban J connectivity index is 2.38. The van der Waals surface area contributed by atoms with Crippen molar-refractivity contribution in [3.05, 3.63) is 60.3 Å². The van der Waals surface area contributed by atoms with Crippen LogP contribution in [-0.2, 0) is 0 Å². The molecule has 0 spiro atoms. The maximum absolute atomic E-state index is 5.95. The van der Waals surface area contributed by atoms with Crippen LogP contribution in [0.5, 0.6) is 0 Å². The predicted octanol–water partition coefficient (Wildman–Crippen LogP) is 3.66.